The molecule has 94 valence electrons. The van der Waals surface area contributed by atoms with Crippen LogP contribution in [0.15, 0.2) is 30.3 Å². The molecule has 0 radical (unpaired) electrons. The summed E-state index contributed by atoms with van der Waals surface area (Å²) in [5.41, 5.74) is 7.38. The van der Waals surface area contributed by atoms with Crippen LogP contribution in [0.1, 0.15) is 24.8 Å². The van der Waals surface area contributed by atoms with Gasteiger partial charge in [0.1, 0.15) is 0 Å². The lowest BCUT2D eigenvalue weighted by Gasteiger charge is -2.40. The van der Waals surface area contributed by atoms with Crippen molar-refractivity contribution in [3.63, 3.8) is 0 Å². The van der Waals surface area contributed by atoms with Crippen molar-refractivity contribution in [1.29, 1.82) is 0 Å². The van der Waals surface area contributed by atoms with Crippen molar-refractivity contribution in [1.82, 2.24) is 0 Å². The summed E-state index contributed by atoms with van der Waals surface area (Å²) in [7, 11) is -1.60. The Labute approximate surface area is 105 Å². The van der Waals surface area contributed by atoms with E-state index in [-0.39, 0.29) is 11.6 Å². The van der Waals surface area contributed by atoms with Crippen LogP contribution in [0.3, 0.4) is 0 Å². The second kappa shape index (κ2) is 4.56. The standard InChI is InChI=1S/C14H23NOSi/c1-17(2,3)16-14(11-7-10-13(14)15)12-8-5-4-6-9-12/h4-6,8-9,13H,7,10-11,15H2,1-3H3/t13-,14-/m0/s1. The summed E-state index contributed by atoms with van der Waals surface area (Å²) in [6.45, 7) is 6.72. The van der Waals surface area contributed by atoms with Gasteiger partial charge in [0.05, 0.1) is 5.60 Å². The first-order chi connectivity index (χ1) is 7.94. The van der Waals surface area contributed by atoms with Gasteiger partial charge in [-0.3, -0.25) is 0 Å². The number of hydrogen-bond acceptors (Lipinski definition) is 2. The minimum Gasteiger partial charge on any atom is -0.407 e. The molecule has 2 N–H and O–H groups in total. The topological polar surface area (TPSA) is 35.2 Å². The molecule has 2 rings (SSSR count). The minimum absolute atomic E-state index is 0.136. The summed E-state index contributed by atoms with van der Waals surface area (Å²) >= 11 is 0. The molecule has 0 amide bonds. The third kappa shape index (κ3) is 2.62. The zero-order valence-corrected chi connectivity index (χ0v) is 12.1. The van der Waals surface area contributed by atoms with Crippen molar-refractivity contribution in [3.8, 4) is 0 Å². The highest BCUT2D eigenvalue weighted by atomic mass is 28.4. The summed E-state index contributed by atoms with van der Waals surface area (Å²) < 4.78 is 6.50. The molecule has 0 unspecified atom stereocenters. The van der Waals surface area contributed by atoms with E-state index in [0.717, 1.165) is 12.8 Å². The summed E-state index contributed by atoms with van der Waals surface area (Å²) in [5.74, 6) is 0. The monoisotopic (exact) mass is 249 g/mol. The van der Waals surface area contributed by atoms with E-state index >= 15 is 0 Å². The van der Waals surface area contributed by atoms with Gasteiger partial charge < -0.3 is 10.2 Å². The highest BCUT2D eigenvalue weighted by molar-refractivity contribution is 6.69. The van der Waals surface area contributed by atoms with Crippen LogP contribution in [0.25, 0.3) is 0 Å². The molecule has 1 saturated carbocycles. The zero-order valence-electron chi connectivity index (χ0n) is 11.1. The van der Waals surface area contributed by atoms with E-state index in [1.807, 2.05) is 6.07 Å². The molecule has 0 spiro atoms. The molecule has 0 aliphatic heterocycles. The first-order valence-corrected chi connectivity index (χ1v) is 9.86. The molecule has 1 aromatic rings. The molecule has 2 nitrogen and oxygen atoms in total. The third-order valence-electron chi connectivity index (χ3n) is 3.41. The number of nitrogens with two attached hydrogens (primary N) is 1. The molecular weight excluding hydrogens is 226 g/mol. The van der Waals surface area contributed by atoms with Crippen LogP contribution in [0.2, 0.25) is 19.6 Å². The van der Waals surface area contributed by atoms with Crippen LogP contribution in [-0.2, 0) is 10.0 Å². The number of rotatable bonds is 3. The normalized spacial score (nSPS) is 29.5. The quantitative estimate of drug-likeness (QED) is 0.835. The molecule has 0 saturated heterocycles. The van der Waals surface area contributed by atoms with E-state index in [0.29, 0.717) is 0 Å². The molecule has 17 heavy (non-hydrogen) atoms. The fraction of sp³-hybridized carbons (Fsp3) is 0.571. The Morgan fingerprint density at radius 2 is 1.88 bits per heavy atom. The fourth-order valence-corrected chi connectivity index (χ4v) is 4.28. The predicted octanol–water partition coefficient (Wildman–Crippen LogP) is 3.24. The van der Waals surface area contributed by atoms with Crippen LogP contribution in [0.5, 0.6) is 0 Å². The Hall–Kier alpha value is -0.643. The van der Waals surface area contributed by atoms with Crippen molar-refractivity contribution >= 4 is 8.32 Å². The average molecular weight is 249 g/mol. The lowest BCUT2D eigenvalue weighted by molar-refractivity contribution is 0.0486. The van der Waals surface area contributed by atoms with Gasteiger partial charge in [0.2, 0.25) is 0 Å². The van der Waals surface area contributed by atoms with E-state index < -0.39 is 8.32 Å². The van der Waals surface area contributed by atoms with E-state index in [1.54, 1.807) is 0 Å². The molecule has 0 bridgehead atoms. The molecule has 1 fully saturated rings. The van der Waals surface area contributed by atoms with Gasteiger partial charge in [0.15, 0.2) is 8.32 Å². The van der Waals surface area contributed by atoms with Gasteiger partial charge in [-0.25, -0.2) is 0 Å². The minimum atomic E-state index is -1.60. The summed E-state index contributed by atoms with van der Waals surface area (Å²) in [5, 5.41) is 0. The van der Waals surface area contributed by atoms with E-state index in [4.69, 9.17) is 10.2 Å². The highest BCUT2D eigenvalue weighted by Crippen LogP contribution is 2.43. The Balaban J connectivity index is 2.38. The smallest absolute Gasteiger partial charge is 0.185 e. The molecule has 1 aliphatic rings. The van der Waals surface area contributed by atoms with Crippen LogP contribution >= 0.6 is 0 Å². The van der Waals surface area contributed by atoms with Gasteiger partial charge in [-0.05, 0) is 44.5 Å². The average Bonchev–Trinajstić information content (AvgIpc) is 2.60. The van der Waals surface area contributed by atoms with Crippen molar-refractivity contribution in [2.75, 3.05) is 0 Å². The molecule has 3 heteroatoms. The van der Waals surface area contributed by atoms with Crippen LogP contribution in [0, 0.1) is 0 Å². The molecule has 2 atom stereocenters. The lowest BCUT2D eigenvalue weighted by Crippen LogP contribution is -2.49. The van der Waals surface area contributed by atoms with Gasteiger partial charge in [-0.2, -0.15) is 0 Å². The first kappa shape index (κ1) is 12.8. The Morgan fingerprint density at radius 1 is 1.24 bits per heavy atom. The second-order valence-corrected chi connectivity index (χ2v) is 10.4. The van der Waals surface area contributed by atoms with Gasteiger partial charge in [0, 0.05) is 6.04 Å². The lowest BCUT2D eigenvalue weighted by atomic mass is 9.89. The van der Waals surface area contributed by atoms with Crippen molar-refractivity contribution < 1.29 is 4.43 Å². The summed E-state index contributed by atoms with van der Waals surface area (Å²) in [4.78, 5) is 0. The van der Waals surface area contributed by atoms with E-state index in [9.17, 15) is 0 Å². The molecule has 0 heterocycles. The fourth-order valence-electron chi connectivity index (χ4n) is 2.81. The Morgan fingerprint density at radius 3 is 2.35 bits per heavy atom. The van der Waals surface area contributed by atoms with Crippen molar-refractivity contribution in [2.24, 2.45) is 5.73 Å². The number of hydrogen-bond donors (Lipinski definition) is 1. The predicted molar refractivity (Wildman–Crippen MR) is 74.4 cm³/mol. The highest BCUT2D eigenvalue weighted by Gasteiger charge is 2.45. The molecule has 1 aliphatic carbocycles. The van der Waals surface area contributed by atoms with Crippen molar-refractivity contribution in [3.05, 3.63) is 35.9 Å². The first-order valence-electron chi connectivity index (χ1n) is 6.45. The maximum absolute atomic E-state index is 6.50. The molecular formula is C14H23NOSi. The maximum Gasteiger partial charge on any atom is 0.185 e. The number of benzene rings is 1. The van der Waals surface area contributed by atoms with Gasteiger partial charge in [-0.15, -0.1) is 0 Å². The van der Waals surface area contributed by atoms with Crippen LogP contribution in [0.4, 0.5) is 0 Å². The summed E-state index contributed by atoms with van der Waals surface area (Å²) in [6.07, 6.45) is 3.29. The zero-order chi connectivity index (χ0) is 12.5. The largest absolute Gasteiger partial charge is 0.407 e. The summed E-state index contributed by atoms with van der Waals surface area (Å²) in [6, 6.07) is 10.7. The van der Waals surface area contributed by atoms with Crippen molar-refractivity contribution in [2.45, 2.75) is 50.5 Å². The molecule has 1 aromatic carbocycles. The SMILES string of the molecule is C[Si](C)(C)O[C@]1(c2ccccc2)CCC[C@@H]1N. The second-order valence-electron chi connectivity index (χ2n) is 5.97. The van der Waals surface area contributed by atoms with E-state index in [1.165, 1.54) is 12.0 Å². The van der Waals surface area contributed by atoms with Gasteiger partial charge >= 0.3 is 0 Å². The third-order valence-corrected chi connectivity index (χ3v) is 4.39. The molecule has 0 aromatic heterocycles. The van der Waals surface area contributed by atoms with E-state index in [2.05, 4.69) is 43.9 Å². The maximum atomic E-state index is 6.50. The Bertz CT molecular complexity index is 374. The van der Waals surface area contributed by atoms with Gasteiger partial charge in [0.25, 0.3) is 0 Å². The van der Waals surface area contributed by atoms with Gasteiger partial charge in [-0.1, -0.05) is 30.3 Å². The van der Waals surface area contributed by atoms with Crippen LogP contribution < -0.4 is 5.73 Å². The van der Waals surface area contributed by atoms with Crippen LogP contribution in [-0.4, -0.2) is 14.4 Å². The Kier molecular flexibility index (Phi) is 3.43.